The molecule has 0 aromatic carbocycles. The summed E-state index contributed by atoms with van der Waals surface area (Å²) in [7, 11) is 1.98. The molecule has 3 rings (SSSR count). The number of hydrogen-bond acceptors (Lipinski definition) is 5. The molecule has 9 nitrogen and oxygen atoms in total. The number of aryl methyl sites for hydroxylation is 3. The number of carboxylic acid groups (broad SMARTS) is 1. The van der Waals surface area contributed by atoms with E-state index in [4.69, 9.17) is 9.90 Å². The summed E-state index contributed by atoms with van der Waals surface area (Å²) >= 11 is 1.66. The number of piperidine rings is 1. The Kier molecular flexibility index (Phi) is 9.55. The summed E-state index contributed by atoms with van der Waals surface area (Å²) in [6.45, 7) is 4.19. The molecule has 0 bridgehead atoms. The van der Waals surface area contributed by atoms with Crippen LogP contribution in [0.5, 0.6) is 0 Å². The molecule has 0 spiro atoms. The predicted octanol–water partition coefficient (Wildman–Crippen LogP) is 2.37. The summed E-state index contributed by atoms with van der Waals surface area (Å²) in [4.78, 5) is 31.6. The van der Waals surface area contributed by atoms with Crippen LogP contribution in [0.4, 0.5) is 4.79 Å². The summed E-state index contributed by atoms with van der Waals surface area (Å²) < 4.78 is 4.15. The fraction of sp³-hybridized carbons (Fsp3) is 0.579. The van der Waals surface area contributed by atoms with Crippen LogP contribution in [0.15, 0.2) is 29.9 Å². The van der Waals surface area contributed by atoms with Crippen molar-refractivity contribution in [1.82, 2.24) is 29.3 Å². The number of urea groups is 1. The summed E-state index contributed by atoms with van der Waals surface area (Å²) in [5.74, 6) is 1.85. The third kappa shape index (κ3) is 7.12. The van der Waals surface area contributed by atoms with E-state index >= 15 is 0 Å². The molecule has 3 heterocycles. The van der Waals surface area contributed by atoms with Gasteiger partial charge in [0, 0.05) is 63.3 Å². The first-order chi connectivity index (χ1) is 14.1. The van der Waals surface area contributed by atoms with Crippen LogP contribution in [0.25, 0.3) is 0 Å². The van der Waals surface area contributed by atoms with Gasteiger partial charge >= 0.3 is 6.03 Å². The summed E-state index contributed by atoms with van der Waals surface area (Å²) in [6.07, 6.45) is 11.9. The van der Waals surface area contributed by atoms with Gasteiger partial charge in [-0.15, -0.1) is 0 Å². The number of carbonyl (C=O) groups excluding carboxylic acids is 1. The van der Waals surface area contributed by atoms with Gasteiger partial charge in [0.15, 0.2) is 5.16 Å². The first-order valence-electron chi connectivity index (χ1n) is 9.77. The number of nitrogens with one attached hydrogen (secondary N) is 1. The van der Waals surface area contributed by atoms with Gasteiger partial charge in [-0.3, -0.25) is 4.79 Å². The second-order valence-corrected chi connectivity index (χ2v) is 7.87. The van der Waals surface area contributed by atoms with Crippen molar-refractivity contribution in [2.75, 3.05) is 18.8 Å². The molecule has 160 valence electrons. The maximum Gasteiger partial charge on any atom is 0.317 e. The average Bonchev–Trinajstić information content (AvgIpc) is 3.32. The van der Waals surface area contributed by atoms with Crippen LogP contribution in [0, 0.1) is 6.92 Å². The number of hydrogen-bond donors (Lipinski definition) is 2. The molecule has 10 heteroatoms. The molecule has 0 saturated carbocycles. The zero-order chi connectivity index (χ0) is 21.1. The Hall–Kier alpha value is -2.49. The highest BCUT2D eigenvalue weighted by Crippen LogP contribution is 2.21. The van der Waals surface area contributed by atoms with E-state index in [2.05, 4.69) is 19.9 Å². The van der Waals surface area contributed by atoms with Crippen LogP contribution in [0.3, 0.4) is 0 Å². The number of amides is 2. The van der Waals surface area contributed by atoms with Gasteiger partial charge in [0.1, 0.15) is 5.82 Å². The van der Waals surface area contributed by atoms with Gasteiger partial charge in [0.05, 0.1) is 0 Å². The van der Waals surface area contributed by atoms with Crippen molar-refractivity contribution < 1.29 is 14.7 Å². The van der Waals surface area contributed by atoms with Gasteiger partial charge in [-0.25, -0.2) is 14.8 Å². The molecule has 1 atom stereocenters. The number of rotatable bonds is 7. The minimum Gasteiger partial charge on any atom is -0.483 e. The van der Waals surface area contributed by atoms with Crippen molar-refractivity contribution in [3.63, 3.8) is 0 Å². The largest absolute Gasteiger partial charge is 0.483 e. The van der Waals surface area contributed by atoms with Crippen molar-refractivity contribution in [2.45, 2.75) is 50.4 Å². The van der Waals surface area contributed by atoms with Gasteiger partial charge in [-0.05, 0) is 32.6 Å². The van der Waals surface area contributed by atoms with Crippen molar-refractivity contribution in [2.24, 2.45) is 7.05 Å². The molecule has 0 aliphatic carbocycles. The maximum atomic E-state index is 12.6. The van der Waals surface area contributed by atoms with E-state index in [1.54, 1.807) is 18.0 Å². The monoisotopic (exact) mass is 422 g/mol. The smallest absolute Gasteiger partial charge is 0.317 e. The third-order valence-electron chi connectivity index (χ3n) is 4.90. The Morgan fingerprint density at radius 3 is 2.76 bits per heavy atom. The molecule has 1 aliphatic heterocycles. The van der Waals surface area contributed by atoms with Crippen molar-refractivity contribution >= 4 is 24.3 Å². The van der Waals surface area contributed by atoms with Gasteiger partial charge in [0.2, 0.25) is 0 Å². The van der Waals surface area contributed by atoms with Crippen LogP contribution < -0.4 is 5.32 Å². The van der Waals surface area contributed by atoms with Crippen molar-refractivity contribution in [1.29, 1.82) is 0 Å². The Bertz CT molecular complexity index is 763. The Morgan fingerprint density at radius 1 is 1.34 bits per heavy atom. The maximum absolute atomic E-state index is 12.6. The third-order valence-corrected chi connectivity index (χ3v) is 5.96. The summed E-state index contributed by atoms with van der Waals surface area (Å²) in [5, 5.41) is 10.9. The first kappa shape index (κ1) is 22.8. The van der Waals surface area contributed by atoms with Crippen LogP contribution in [0.2, 0.25) is 0 Å². The fourth-order valence-corrected chi connectivity index (χ4v) is 4.18. The summed E-state index contributed by atoms with van der Waals surface area (Å²) in [5.41, 5.74) is 0. The molecule has 29 heavy (non-hydrogen) atoms. The molecule has 1 saturated heterocycles. The molecule has 1 unspecified atom stereocenters. The van der Waals surface area contributed by atoms with E-state index in [0.717, 1.165) is 49.1 Å². The molecular formula is C19H30N6O3S. The van der Waals surface area contributed by atoms with E-state index in [1.807, 2.05) is 42.0 Å². The second kappa shape index (κ2) is 12.2. The Labute approximate surface area is 175 Å². The van der Waals surface area contributed by atoms with Crippen LogP contribution >= 0.6 is 11.8 Å². The van der Waals surface area contributed by atoms with Gasteiger partial charge in [-0.1, -0.05) is 11.8 Å². The first-order valence-corrected chi connectivity index (χ1v) is 10.8. The number of imidazole rings is 2. The lowest BCUT2D eigenvalue weighted by Gasteiger charge is -2.36. The zero-order valence-corrected chi connectivity index (χ0v) is 17.8. The van der Waals surface area contributed by atoms with Crippen molar-refractivity contribution in [3.8, 4) is 0 Å². The molecular weight excluding hydrogens is 392 g/mol. The molecule has 2 amide bonds. The quantitative estimate of drug-likeness (QED) is 0.403. The predicted molar refractivity (Wildman–Crippen MR) is 112 cm³/mol. The molecule has 2 N–H and O–H groups in total. The second-order valence-electron chi connectivity index (χ2n) is 6.81. The number of aromatic nitrogens is 4. The number of carbonyl (C=O) groups is 2. The number of likely N-dealkylation sites (tertiary alicyclic amines) is 1. The zero-order valence-electron chi connectivity index (χ0n) is 17.0. The van der Waals surface area contributed by atoms with Gasteiger partial charge < -0.3 is 24.5 Å². The topological polar surface area (TPSA) is 105 Å². The number of nitrogens with zero attached hydrogens (tertiary/aromatic N) is 5. The van der Waals surface area contributed by atoms with Crippen LogP contribution in [-0.2, 0) is 18.4 Å². The van der Waals surface area contributed by atoms with Crippen LogP contribution in [-0.4, -0.2) is 66.5 Å². The molecule has 2 aromatic rings. The lowest BCUT2D eigenvalue weighted by Crippen LogP contribution is -2.49. The molecule has 0 radical (unpaired) electrons. The molecule has 1 fully saturated rings. The van der Waals surface area contributed by atoms with Gasteiger partial charge in [0.25, 0.3) is 6.47 Å². The molecule has 1 aliphatic rings. The summed E-state index contributed by atoms with van der Waals surface area (Å²) in [6, 6.07) is 0.380. The van der Waals surface area contributed by atoms with E-state index in [9.17, 15) is 4.79 Å². The Balaban J connectivity index is 0.000000941. The normalized spacial score (nSPS) is 16.1. The van der Waals surface area contributed by atoms with Crippen molar-refractivity contribution in [3.05, 3.63) is 30.6 Å². The highest BCUT2D eigenvalue weighted by atomic mass is 32.2. The van der Waals surface area contributed by atoms with Crippen LogP contribution in [0.1, 0.15) is 31.5 Å². The minimum atomic E-state index is -0.250. The number of thioether (sulfide) groups is 1. The lowest BCUT2D eigenvalue weighted by molar-refractivity contribution is -0.122. The molecule has 2 aromatic heterocycles. The van der Waals surface area contributed by atoms with E-state index in [1.165, 1.54) is 6.42 Å². The standard InChI is InChI=1S/C18H28N6OS.CH2O2/c1-15-19-8-13-23(15)11-6-16-5-3-4-10-24(16)17(25)20-9-14-26-18-21-7-12-22(18)2;2-1-3/h7-8,12-13,16H,3-6,9-11,14H2,1-2H3,(H,20,25);1H,(H,2,3). The fourth-order valence-electron chi connectivity index (χ4n) is 3.39. The van der Waals surface area contributed by atoms with E-state index in [-0.39, 0.29) is 12.5 Å². The lowest BCUT2D eigenvalue weighted by atomic mass is 9.99. The Morgan fingerprint density at radius 2 is 2.10 bits per heavy atom. The highest BCUT2D eigenvalue weighted by molar-refractivity contribution is 7.99. The van der Waals surface area contributed by atoms with E-state index < -0.39 is 0 Å². The minimum absolute atomic E-state index is 0.0671. The average molecular weight is 423 g/mol. The van der Waals surface area contributed by atoms with Gasteiger partial charge in [-0.2, -0.15) is 0 Å². The van der Waals surface area contributed by atoms with E-state index in [0.29, 0.717) is 12.6 Å². The SMILES string of the molecule is Cc1nccn1CCC1CCCCN1C(=O)NCCSc1nccn1C.O=CO. The highest BCUT2D eigenvalue weighted by Gasteiger charge is 2.26.